The highest BCUT2D eigenvalue weighted by molar-refractivity contribution is 7.22. The molecule has 0 saturated carbocycles. The van der Waals surface area contributed by atoms with E-state index >= 15 is 0 Å². The summed E-state index contributed by atoms with van der Waals surface area (Å²) in [5.74, 6) is -1.18. The molecule has 0 radical (unpaired) electrons. The fraction of sp³-hybridized carbons (Fsp3) is 0.292. The monoisotopic (exact) mass is 435 g/mol. The van der Waals surface area contributed by atoms with Gasteiger partial charge in [-0.2, -0.15) is 0 Å². The standard InChI is InChI=1S/C24H25N3O3S/c1-14(2)13-18(28)20-21(15-9-11-16(12-10-15)26(3)4)27(23(30)22(20)29)24-25-17-7-5-6-8-19(17)31-24/h5-12,14,21,29H,13H2,1-4H3. The van der Waals surface area contributed by atoms with Crippen molar-refractivity contribution in [3.63, 3.8) is 0 Å². The van der Waals surface area contributed by atoms with E-state index in [1.807, 2.05) is 81.4 Å². The highest BCUT2D eigenvalue weighted by atomic mass is 32.1. The summed E-state index contributed by atoms with van der Waals surface area (Å²) in [6.45, 7) is 3.89. The Morgan fingerprint density at radius 3 is 2.45 bits per heavy atom. The largest absolute Gasteiger partial charge is 0.503 e. The average molecular weight is 436 g/mol. The number of benzene rings is 2. The molecule has 1 aliphatic rings. The molecular weight excluding hydrogens is 410 g/mol. The summed E-state index contributed by atoms with van der Waals surface area (Å²) >= 11 is 1.37. The molecule has 0 fully saturated rings. The molecule has 1 aliphatic heterocycles. The third-order valence-corrected chi connectivity index (χ3v) is 6.35. The average Bonchev–Trinajstić information content (AvgIpc) is 3.26. The Labute approximate surface area is 185 Å². The van der Waals surface area contributed by atoms with Gasteiger partial charge in [-0.1, -0.05) is 49.4 Å². The first kappa shape index (κ1) is 21.1. The molecule has 4 rings (SSSR count). The summed E-state index contributed by atoms with van der Waals surface area (Å²) in [6, 6.07) is 14.6. The van der Waals surface area contributed by atoms with Crippen molar-refractivity contribution in [3.05, 3.63) is 65.4 Å². The SMILES string of the molecule is CC(C)CC(=O)C1=C(O)C(=O)N(c2nc3ccccc3s2)C1c1ccc(N(C)C)cc1. The number of hydrogen-bond acceptors (Lipinski definition) is 6. The van der Waals surface area contributed by atoms with Crippen LogP contribution in [0.5, 0.6) is 0 Å². The molecule has 1 amide bonds. The van der Waals surface area contributed by atoms with Crippen molar-refractivity contribution in [2.75, 3.05) is 23.9 Å². The van der Waals surface area contributed by atoms with Gasteiger partial charge in [0.2, 0.25) is 0 Å². The zero-order valence-corrected chi connectivity index (χ0v) is 18.8. The normalized spacial score (nSPS) is 16.6. The van der Waals surface area contributed by atoms with Crippen LogP contribution in [0.2, 0.25) is 0 Å². The first-order valence-electron chi connectivity index (χ1n) is 10.2. The van der Waals surface area contributed by atoms with Gasteiger partial charge >= 0.3 is 0 Å². The highest BCUT2D eigenvalue weighted by Crippen LogP contribution is 2.44. The summed E-state index contributed by atoms with van der Waals surface area (Å²) in [5, 5.41) is 11.2. The maximum atomic E-state index is 13.2. The lowest BCUT2D eigenvalue weighted by Crippen LogP contribution is -2.31. The van der Waals surface area contributed by atoms with E-state index in [4.69, 9.17) is 0 Å². The van der Waals surface area contributed by atoms with Gasteiger partial charge < -0.3 is 10.0 Å². The predicted octanol–water partition coefficient (Wildman–Crippen LogP) is 4.88. The van der Waals surface area contributed by atoms with E-state index in [9.17, 15) is 14.7 Å². The molecule has 7 heteroatoms. The van der Waals surface area contributed by atoms with Crippen molar-refractivity contribution in [2.24, 2.45) is 5.92 Å². The van der Waals surface area contributed by atoms with Gasteiger partial charge in [-0.3, -0.25) is 14.5 Å². The number of aliphatic hydroxyl groups excluding tert-OH is 1. The molecule has 1 aromatic heterocycles. The second-order valence-corrected chi connectivity index (χ2v) is 9.32. The molecule has 0 bridgehead atoms. The number of nitrogens with zero attached hydrogens (tertiary/aromatic N) is 3. The van der Waals surface area contributed by atoms with Gasteiger partial charge in [0.15, 0.2) is 16.7 Å². The zero-order valence-electron chi connectivity index (χ0n) is 18.0. The third kappa shape index (κ3) is 3.81. The van der Waals surface area contributed by atoms with E-state index in [0.717, 1.165) is 21.5 Å². The minimum Gasteiger partial charge on any atom is -0.503 e. The molecular formula is C24H25N3O3S. The Bertz CT molecular complexity index is 1150. The number of rotatable bonds is 6. The number of fused-ring (bicyclic) bond motifs is 1. The van der Waals surface area contributed by atoms with Gasteiger partial charge in [0, 0.05) is 26.2 Å². The number of para-hydroxylation sites is 1. The van der Waals surface area contributed by atoms with E-state index in [1.54, 1.807) is 0 Å². The van der Waals surface area contributed by atoms with Crippen LogP contribution in [0.15, 0.2) is 59.9 Å². The number of amides is 1. The van der Waals surface area contributed by atoms with E-state index < -0.39 is 17.7 Å². The number of carbonyl (C=O) groups is 2. The molecule has 31 heavy (non-hydrogen) atoms. The topological polar surface area (TPSA) is 73.7 Å². The van der Waals surface area contributed by atoms with E-state index in [0.29, 0.717) is 5.13 Å². The molecule has 6 nitrogen and oxygen atoms in total. The summed E-state index contributed by atoms with van der Waals surface area (Å²) in [7, 11) is 3.90. The number of aliphatic hydroxyl groups is 1. The Morgan fingerprint density at radius 1 is 1.16 bits per heavy atom. The number of ketones is 1. The Hall–Kier alpha value is -3.19. The zero-order chi connectivity index (χ0) is 22.3. The van der Waals surface area contributed by atoms with Gasteiger partial charge in [0.1, 0.15) is 0 Å². The minimum atomic E-state index is -0.712. The molecule has 0 saturated heterocycles. The lowest BCUT2D eigenvalue weighted by Gasteiger charge is -2.25. The molecule has 1 N–H and O–H groups in total. The molecule has 1 unspecified atom stereocenters. The number of carbonyl (C=O) groups excluding carboxylic acids is 2. The maximum absolute atomic E-state index is 13.2. The summed E-state index contributed by atoms with van der Waals surface area (Å²) in [6.07, 6.45) is 0.257. The first-order chi connectivity index (χ1) is 14.8. The fourth-order valence-corrected chi connectivity index (χ4v) is 4.79. The number of anilines is 2. The number of aromatic nitrogens is 1. The van der Waals surface area contributed by atoms with Crippen LogP contribution in [-0.2, 0) is 9.59 Å². The van der Waals surface area contributed by atoms with Crippen LogP contribution in [-0.4, -0.2) is 35.9 Å². The van der Waals surface area contributed by atoms with Crippen LogP contribution in [0.4, 0.5) is 10.8 Å². The summed E-state index contributed by atoms with van der Waals surface area (Å²) in [4.78, 5) is 34.3. The molecule has 3 aromatic rings. The number of thiazole rings is 1. The van der Waals surface area contributed by atoms with Gasteiger partial charge in [-0.05, 0) is 35.7 Å². The molecule has 1 atom stereocenters. The lowest BCUT2D eigenvalue weighted by atomic mass is 9.92. The molecule has 2 heterocycles. The van der Waals surface area contributed by atoms with Crippen LogP contribution in [0, 0.1) is 5.92 Å². The van der Waals surface area contributed by atoms with Crippen molar-refractivity contribution in [2.45, 2.75) is 26.3 Å². The smallest absolute Gasteiger partial charge is 0.296 e. The van der Waals surface area contributed by atoms with Gasteiger partial charge in [-0.25, -0.2) is 4.98 Å². The van der Waals surface area contributed by atoms with E-state index in [1.165, 1.54) is 16.2 Å². The molecule has 0 aliphatic carbocycles. The Morgan fingerprint density at radius 2 is 1.84 bits per heavy atom. The lowest BCUT2D eigenvalue weighted by molar-refractivity contribution is -0.118. The van der Waals surface area contributed by atoms with Crippen LogP contribution < -0.4 is 9.80 Å². The van der Waals surface area contributed by atoms with Crippen LogP contribution in [0.3, 0.4) is 0 Å². The van der Waals surface area contributed by atoms with Crippen molar-refractivity contribution >= 4 is 44.1 Å². The predicted molar refractivity (Wildman–Crippen MR) is 125 cm³/mol. The second kappa shape index (κ2) is 8.15. The quantitative estimate of drug-likeness (QED) is 0.597. The van der Waals surface area contributed by atoms with Gasteiger partial charge in [-0.15, -0.1) is 0 Å². The second-order valence-electron chi connectivity index (χ2n) is 8.31. The number of Topliss-reactive ketones (excluding diaryl/α,β-unsaturated/α-hetero) is 1. The Balaban J connectivity index is 1.84. The Kier molecular flexibility index (Phi) is 5.54. The van der Waals surface area contributed by atoms with Crippen LogP contribution in [0.1, 0.15) is 31.9 Å². The van der Waals surface area contributed by atoms with E-state index in [2.05, 4.69) is 4.98 Å². The summed E-state index contributed by atoms with van der Waals surface area (Å²) < 4.78 is 0.938. The fourth-order valence-electron chi connectivity index (χ4n) is 3.80. The molecule has 160 valence electrons. The van der Waals surface area contributed by atoms with Crippen molar-refractivity contribution in [1.29, 1.82) is 0 Å². The first-order valence-corrected chi connectivity index (χ1v) is 11.0. The van der Waals surface area contributed by atoms with Gasteiger partial charge in [0.25, 0.3) is 5.91 Å². The minimum absolute atomic E-state index is 0.108. The van der Waals surface area contributed by atoms with Crippen LogP contribution >= 0.6 is 11.3 Å². The maximum Gasteiger partial charge on any atom is 0.296 e. The van der Waals surface area contributed by atoms with Crippen LogP contribution in [0.25, 0.3) is 10.2 Å². The molecule has 0 spiro atoms. The van der Waals surface area contributed by atoms with Crippen molar-refractivity contribution < 1.29 is 14.7 Å². The summed E-state index contributed by atoms with van der Waals surface area (Å²) in [5.41, 5.74) is 2.69. The van der Waals surface area contributed by atoms with Gasteiger partial charge in [0.05, 0.1) is 21.8 Å². The van der Waals surface area contributed by atoms with Crippen molar-refractivity contribution in [1.82, 2.24) is 4.98 Å². The highest BCUT2D eigenvalue weighted by Gasteiger charge is 2.45. The third-order valence-electron chi connectivity index (χ3n) is 5.32. The molecule has 2 aromatic carbocycles. The van der Waals surface area contributed by atoms with E-state index in [-0.39, 0.29) is 23.7 Å². The van der Waals surface area contributed by atoms with Crippen molar-refractivity contribution in [3.8, 4) is 0 Å². The number of hydrogen-bond donors (Lipinski definition) is 1.